The molecule has 0 heterocycles. The van der Waals surface area contributed by atoms with Gasteiger partial charge in [-0.25, -0.2) is 0 Å². The average Bonchev–Trinajstić information content (AvgIpc) is 2.64. The number of nitrogens with zero attached hydrogens (tertiary/aromatic N) is 1. The smallest absolute Gasteiger partial charge is 0.309 e. The van der Waals surface area contributed by atoms with Crippen LogP contribution in [-0.2, 0) is 23.8 Å². The first-order valence-electron chi connectivity index (χ1n) is 9.05. The minimum atomic E-state index is -4.08. The summed E-state index contributed by atoms with van der Waals surface area (Å²) in [5.74, 6) is 0.0937. The Balaban J connectivity index is 1.59. The van der Waals surface area contributed by atoms with Crippen molar-refractivity contribution in [2.24, 2.45) is 29.6 Å². The summed E-state index contributed by atoms with van der Waals surface area (Å²) in [6.45, 7) is 0. The van der Waals surface area contributed by atoms with Gasteiger partial charge in [0, 0.05) is 18.1 Å². The zero-order valence-electron chi connectivity index (χ0n) is 14.8. The van der Waals surface area contributed by atoms with E-state index in [9.17, 15) is 23.3 Å². The maximum atomic E-state index is 12.7. The Kier molecular flexibility index (Phi) is 4.46. The summed E-state index contributed by atoms with van der Waals surface area (Å²) in [6, 6.07) is 4.65. The third kappa shape index (κ3) is 3.12. The van der Waals surface area contributed by atoms with Crippen molar-refractivity contribution < 1.29 is 27.1 Å². The molecule has 6 atom stereocenters. The summed E-state index contributed by atoms with van der Waals surface area (Å²) in [5, 5.41) is 10.8. The number of methoxy groups -OCH3 is 1. The molecule has 0 aromatic heterocycles. The molecule has 1 aromatic carbocycles. The molecule has 0 N–H and O–H groups in total. The standard InChI is InChI=1S/C18H21NO7S/c1-25-18(20)16-11-6-10-7-12(9-11)17(15(16)8-10)26-27(23,24)14-4-2-13(3-5-14)19(21)22/h2-5,10-12,15-17H,6-9H2,1H3/t10-,11-,12+,15-,16-,17-/m1/s1. The quantitative estimate of drug-likeness (QED) is 0.326. The second-order valence-corrected chi connectivity index (χ2v) is 9.38. The Labute approximate surface area is 157 Å². The van der Waals surface area contributed by atoms with Gasteiger partial charge in [-0.2, -0.15) is 8.42 Å². The van der Waals surface area contributed by atoms with Gasteiger partial charge in [0.05, 0.1) is 29.0 Å². The van der Waals surface area contributed by atoms with Crippen molar-refractivity contribution in [3.63, 3.8) is 0 Å². The van der Waals surface area contributed by atoms with Crippen molar-refractivity contribution in [1.29, 1.82) is 0 Å². The lowest BCUT2D eigenvalue weighted by molar-refractivity contribution is -0.384. The zero-order chi connectivity index (χ0) is 19.3. The molecule has 146 valence electrons. The van der Waals surface area contributed by atoms with Crippen LogP contribution in [0.25, 0.3) is 0 Å². The molecule has 27 heavy (non-hydrogen) atoms. The largest absolute Gasteiger partial charge is 0.469 e. The van der Waals surface area contributed by atoms with E-state index in [4.69, 9.17) is 8.92 Å². The predicted molar refractivity (Wildman–Crippen MR) is 93.1 cm³/mol. The van der Waals surface area contributed by atoms with Crippen LogP contribution in [0.3, 0.4) is 0 Å². The molecule has 4 fully saturated rings. The van der Waals surface area contributed by atoms with Crippen LogP contribution in [0, 0.1) is 39.7 Å². The van der Waals surface area contributed by atoms with Crippen LogP contribution < -0.4 is 0 Å². The number of carbonyl (C=O) groups is 1. The molecule has 0 aliphatic heterocycles. The molecular weight excluding hydrogens is 374 g/mol. The van der Waals surface area contributed by atoms with Crippen LogP contribution in [0.1, 0.15) is 25.7 Å². The molecule has 0 radical (unpaired) electrons. The summed E-state index contributed by atoms with van der Waals surface area (Å²) in [6.07, 6.45) is 2.90. The number of benzene rings is 1. The van der Waals surface area contributed by atoms with E-state index in [0.717, 1.165) is 37.8 Å². The van der Waals surface area contributed by atoms with Crippen LogP contribution in [0.5, 0.6) is 0 Å². The molecule has 8 nitrogen and oxygen atoms in total. The lowest BCUT2D eigenvalue weighted by Gasteiger charge is -2.56. The first kappa shape index (κ1) is 18.4. The van der Waals surface area contributed by atoms with Crippen molar-refractivity contribution >= 4 is 21.8 Å². The van der Waals surface area contributed by atoms with Gasteiger partial charge in [0.15, 0.2) is 0 Å². The van der Waals surface area contributed by atoms with Gasteiger partial charge >= 0.3 is 5.97 Å². The molecule has 9 heteroatoms. The Morgan fingerprint density at radius 2 is 1.78 bits per heavy atom. The van der Waals surface area contributed by atoms with E-state index in [1.807, 2.05) is 0 Å². The van der Waals surface area contributed by atoms with Gasteiger partial charge in [-0.1, -0.05) is 0 Å². The van der Waals surface area contributed by atoms with Gasteiger partial charge in [0.25, 0.3) is 15.8 Å². The fourth-order valence-electron chi connectivity index (χ4n) is 5.45. The van der Waals surface area contributed by atoms with Crippen molar-refractivity contribution in [2.45, 2.75) is 36.7 Å². The van der Waals surface area contributed by atoms with Gasteiger partial charge in [-0.3, -0.25) is 19.1 Å². The lowest BCUT2D eigenvalue weighted by atomic mass is 9.50. The first-order chi connectivity index (χ1) is 12.8. The van der Waals surface area contributed by atoms with Crippen LogP contribution in [0.4, 0.5) is 5.69 Å². The minimum Gasteiger partial charge on any atom is -0.469 e. The molecule has 0 unspecified atom stereocenters. The third-order valence-electron chi connectivity index (χ3n) is 6.39. The van der Waals surface area contributed by atoms with E-state index in [1.165, 1.54) is 19.2 Å². The highest BCUT2D eigenvalue weighted by Crippen LogP contribution is 2.58. The SMILES string of the molecule is COC(=O)[C@@H]1[C@@H]2C[C@@H]3C[C@@H](C2)[C@@H](OS(=O)(=O)c2ccc([N+](=O)[O-])cc2)[C@@H]1C3. The molecular formula is C18H21NO7S. The maximum absolute atomic E-state index is 12.7. The molecule has 4 aliphatic rings. The number of non-ortho nitro benzene ring substituents is 1. The first-order valence-corrected chi connectivity index (χ1v) is 10.5. The highest BCUT2D eigenvalue weighted by molar-refractivity contribution is 7.86. The molecule has 5 rings (SSSR count). The van der Waals surface area contributed by atoms with Crippen LogP contribution >= 0.6 is 0 Å². The number of esters is 1. The summed E-state index contributed by atoms with van der Waals surface area (Å²) >= 11 is 0. The Hall–Kier alpha value is -2.00. The topological polar surface area (TPSA) is 113 Å². The predicted octanol–water partition coefficient (Wildman–Crippen LogP) is 2.52. The molecule has 0 spiro atoms. The maximum Gasteiger partial charge on any atom is 0.309 e. The summed E-state index contributed by atoms with van der Waals surface area (Å²) in [7, 11) is -2.72. The molecule has 1 aromatic rings. The van der Waals surface area contributed by atoms with Gasteiger partial charge in [-0.15, -0.1) is 0 Å². The highest BCUT2D eigenvalue weighted by Gasteiger charge is 2.57. The summed E-state index contributed by atoms with van der Waals surface area (Å²) in [5.41, 5.74) is -0.186. The van der Waals surface area contributed by atoms with Gasteiger partial charge in [0.2, 0.25) is 0 Å². The normalized spacial score (nSPS) is 34.4. The highest BCUT2D eigenvalue weighted by atomic mass is 32.2. The lowest BCUT2D eigenvalue weighted by Crippen LogP contribution is -2.57. The minimum absolute atomic E-state index is 0.112. The number of carbonyl (C=O) groups excluding carboxylic acids is 1. The van der Waals surface area contributed by atoms with E-state index in [2.05, 4.69) is 0 Å². The number of hydrogen-bond donors (Lipinski definition) is 0. The van der Waals surface area contributed by atoms with Crippen molar-refractivity contribution in [3.05, 3.63) is 34.4 Å². The summed E-state index contributed by atoms with van der Waals surface area (Å²) < 4.78 is 36.1. The molecule has 4 aliphatic carbocycles. The number of ether oxygens (including phenoxy) is 1. The van der Waals surface area contributed by atoms with Crippen LogP contribution in [0.2, 0.25) is 0 Å². The van der Waals surface area contributed by atoms with E-state index < -0.39 is 21.1 Å². The second kappa shape index (κ2) is 6.56. The zero-order valence-corrected chi connectivity index (χ0v) is 15.6. The van der Waals surface area contributed by atoms with Gasteiger partial charge in [-0.05, 0) is 55.6 Å². The van der Waals surface area contributed by atoms with Gasteiger partial charge < -0.3 is 4.74 Å². The van der Waals surface area contributed by atoms with Crippen molar-refractivity contribution in [1.82, 2.24) is 0 Å². The number of nitro benzene ring substituents is 1. The second-order valence-electron chi connectivity index (χ2n) is 7.81. The molecule has 0 saturated heterocycles. The molecule has 4 saturated carbocycles. The van der Waals surface area contributed by atoms with E-state index in [1.54, 1.807) is 0 Å². The average molecular weight is 395 g/mol. The molecule has 0 amide bonds. The fraction of sp³-hybridized carbons (Fsp3) is 0.611. The van der Waals surface area contributed by atoms with Crippen LogP contribution in [0.15, 0.2) is 29.2 Å². The number of nitro groups is 1. The fourth-order valence-corrected chi connectivity index (χ4v) is 6.62. The van der Waals surface area contributed by atoms with E-state index in [-0.39, 0.29) is 40.2 Å². The number of rotatable bonds is 5. The molecule has 4 bridgehead atoms. The third-order valence-corrected chi connectivity index (χ3v) is 7.71. The van der Waals surface area contributed by atoms with Crippen molar-refractivity contribution in [3.8, 4) is 0 Å². The monoisotopic (exact) mass is 395 g/mol. The summed E-state index contributed by atoms with van der Waals surface area (Å²) in [4.78, 5) is 22.3. The number of hydrogen-bond acceptors (Lipinski definition) is 7. The Morgan fingerprint density at radius 1 is 1.11 bits per heavy atom. The van der Waals surface area contributed by atoms with E-state index >= 15 is 0 Å². The Bertz CT molecular complexity index is 866. The van der Waals surface area contributed by atoms with Crippen molar-refractivity contribution in [2.75, 3.05) is 7.11 Å². The van der Waals surface area contributed by atoms with Crippen LogP contribution in [-0.4, -0.2) is 32.5 Å². The van der Waals surface area contributed by atoms with E-state index in [0.29, 0.717) is 5.92 Å². The Morgan fingerprint density at radius 3 is 2.41 bits per heavy atom. The van der Waals surface area contributed by atoms with Gasteiger partial charge in [0.1, 0.15) is 0 Å².